The van der Waals surface area contributed by atoms with Crippen molar-refractivity contribution in [2.24, 2.45) is 16.5 Å². The molecule has 0 saturated heterocycles. The Hall–Kier alpha value is -2.15. The molecular formula is C17H22Cl2N4O2. The quantitative estimate of drug-likeness (QED) is 0.345. The first-order valence-electron chi connectivity index (χ1n) is 7.33. The molecule has 8 heteroatoms. The van der Waals surface area contributed by atoms with Crippen LogP contribution in [0.5, 0.6) is 0 Å². The summed E-state index contributed by atoms with van der Waals surface area (Å²) >= 11 is 0. The third-order valence-electron chi connectivity index (χ3n) is 3.76. The average Bonchev–Trinajstić information content (AvgIpc) is 2.59. The Morgan fingerprint density at radius 2 is 1.68 bits per heavy atom. The van der Waals surface area contributed by atoms with Gasteiger partial charge in [0.1, 0.15) is 5.84 Å². The van der Waals surface area contributed by atoms with Crippen molar-refractivity contribution >= 4 is 36.3 Å². The van der Waals surface area contributed by atoms with E-state index in [0.29, 0.717) is 24.1 Å². The van der Waals surface area contributed by atoms with Crippen LogP contribution in [0.4, 0.5) is 5.69 Å². The molecule has 0 radical (unpaired) electrons. The Balaban J connectivity index is 0.00000288. The van der Waals surface area contributed by atoms with Gasteiger partial charge in [-0.25, -0.2) is 0 Å². The molecule has 0 aliphatic heterocycles. The number of hydrogen-bond acceptors (Lipinski definition) is 4. The predicted molar refractivity (Wildman–Crippen MR) is 106 cm³/mol. The van der Waals surface area contributed by atoms with Crippen molar-refractivity contribution in [2.75, 3.05) is 7.05 Å². The van der Waals surface area contributed by atoms with Crippen LogP contribution >= 0.6 is 24.8 Å². The number of rotatable bonds is 6. The molecule has 2 aromatic rings. The number of benzene rings is 2. The SMILES string of the molecule is CN=C(N)c1ccc(CCc2ccc(CN)cc2)c([N+](=O)[O-])c1.Cl.Cl. The second-order valence-corrected chi connectivity index (χ2v) is 5.23. The van der Waals surface area contributed by atoms with E-state index >= 15 is 0 Å². The molecule has 0 fully saturated rings. The van der Waals surface area contributed by atoms with E-state index in [1.165, 1.54) is 6.07 Å². The highest BCUT2D eigenvalue weighted by Crippen LogP contribution is 2.22. The molecule has 4 N–H and O–H groups in total. The molecule has 0 atom stereocenters. The van der Waals surface area contributed by atoms with Gasteiger partial charge in [-0.2, -0.15) is 0 Å². The van der Waals surface area contributed by atoms with E-state index < -0.39 is 0 Å². The number of nitrogens with zero attached hydrogens (tertiary/aromatic N) is 2. The van der Waals surface area contributed by atoms with Crippen LogP contribution in [-0.4, -0.2) is 17.8 Å². The van der Waals surface area contributed by atoms with Crippen LogP contribution in [0.1, 0.15) is 22.3 Å². The van der Waals surface area contributed by atoms with E-state index in [9.17, 15) is 10.1 Å². The fraction of sp³-hybridized carbons (Fsp3) is 0.235. The summed E-state index contributed by atoms with van der Waals surface area (Å²) in [6.45, 7) is 0.508. The summed E-state index contributed by atoms with van der Waals surface area (Å²) in [5, 5.41) is 11.3. The highest BCUT2D eigenvalue weighted by molar-refractivity contribution is 5.98. The van der Waals surface area contributed by atoms with Gasteiger partial charge in [0.05, 0.1) is 4.92 Å². The zero-order valence-electron chi connectivity index (χ0n) is 13.8. The van der Waals surface area contributed by atoms with Crippen LogP contribution < -0.4 is 11.5 Å². The number of nitro benzene ring substituents is 1. The molecule has 25 heavy (non-hydrogen) atoms. The maximum Gasteiger partial charge on any atom is 0.273 e. The molecule has 0 bridgehead atoms. The lowest BCUT2D eigenvalue weighted by molar-refractivity contribution is -0.385. The molecule has 0 unspecified atom stereocenters. The van der Waals surface area contributed by atoms with Crippen molar-refractivity contribution in [3.05, 3.63) is 74.8 Å². The zero-order valence-corrected chi connectivity index (χ0v) is 15.5. The lowest BCUT2D eigenvalue weighted by atomic mass is 10.0. The Labute approximate surface area is 159 Å². The Morgan fingerprint density at radius 3 is 2.20 bits per heavy atom. The summed E-state index contributed by atoms with van der Waals surface area (Å²) in [6.07, 6.45) is 1.31. The molecule has 0 aliphatic rings. The van der Waals surface area contributed by atoms with Gasteiger partial charge in [-0.1, -0.05) is 36.4 Å². The fourth-order valence-corrected chi connectivity index (χ4v) is 2.35. The minimum atomic E-state index is -0.376. The highest BCUT2D eigenvalue weighted by Gasteiger charge is 2.15. The smallest absolute Gasteiger partial charge is 0.273 e. The van der Waals surface area contributed by atoms with Gasteiger partial charge in [0.25, 0.3) is 5.69 Å². The molecule has 0 heterocycles. The minimum Gasteiger partial charge on any atom is -0.384 e. The summed E-state index contributed by atoms with van der Waals surface area (Å²) in [5.74, 6) is 0.289. The maximum atomic E-state index is 11.3. The molecule has 0 aliphatic carbocycles. The molecule has 0 spiro atoms. The summed E-state index contributed by atoms with van der Waals surface area (Å²) in [7, 11) is 1.56. The van der Waals surface area contributed by atoms with Crippen LogP contribution in [0.15, 0.2) is 47.5 Å². The van der Waals surface area contributed by atoms with Crippen LogP contribution in [0.25, 0.3) is 0 Å². The molecule has 0 saturated carbocycles. The number of hydrogen-bond donors (Lipinski definition) is 2. The van der Waals surface area contributed by atoms with Crippen LogP contribution in [0.2, 0.25) is 0 Å². The minimum absolute atomic E-state index is 0. The number of nitrogens with two attached hydrogens (primary N) is 2. The van der Waals surface area contributed by atoms with E-state index in [1.54, 1.807) is 19.2 Å². The van der Waals surface area contributed by atoms with Crippen LogP contribution in [0.3, 0.4) is 0 Å². The molecule has 6 nitrogen and oxygen atoms in total. The van der Waals surface area contributed by atoms with Gasteiger partial charge in [0.2, 0.25) is 0 Å². The molecule has 2 aromatic carbocycles. The first kappa shape index (κ1) is 22.9. The van der Waals surface area contributed by atoms with Gasteiger partial charge < -0.3 is 11.5 Å². The van der Waals surface area contributed by atoms with Gasteiger partial charge >= 0.3 is 0 Å². The number of amidine groups is 1. The maximum absolute atomic E-state index is 11.3. The van der Waals surface area contributed by atoms with Gasteiger partial charge in [-0.05, 0) is 24.0 Å². The highest BCUT2D eigenvalue weighted by atomic mass is 35.5. The fourth-order valence-electron chi connectivity index (χ4n) is 2.35. The topological polar surface area (TPSA) is 108 Å². The third kappa shape index (κ3) is 6.01. The Bertz CT molecular complexity index is 734. The summed E-state index contributed by atoms with van der Waals surface area (Å²) in [6, 6.07) is 13.0. The number of halogens is 2. The summed E-state index contributed by atoms with van der Waals surface area (Å²) in [4.78, 5) is 14.8. The van der Waals surface area contributed by atoms with Gasteiger partial charge in [0.15, 0.2) is 0 Å². The number of aliphatic imine (C=N–C) groups is 1. The van der Waals surface area contributed by atoms with Gasteiger partial charge in [-0.3, -0.25) is 15.1 Å². The Kier molecular flexibility index (Phi) is 9.74. The predicted octanol–water partition coefficient (Wildman–Crippen LogP) is 3.02. The summed E-state index contributed by atoms with van der Waals surface area (Å²) < 4.78 is 0. The van der Waals surface area contributed by atoms with Gasteiger partial charge in [-0.15, -0.1) is 24.8 Å². The molecule has 0 aromatic heterocycles. The normalized spacial score (nSPS) is 10.6. The summed E-state index contributed by atoms with van der Waals surface area (Å²) in [5.41, 5.74) is 14.8. The van der Waals surface area contributed by atoms with Crippen molar-refractivity contribution in [1.29, 1.82) is 0 Å². The van der Waals surface area contributed by atoms with Gasteiger partial charge in [0, 0.05) is 30.8 Å². The van der Waals surface area contributed by atoms with Crippen molar-refractivity contribution < 1.29 is 4.92 Å². The van der Waals surface area contributed by atoms with E-state index in [0.717, 1.165) is 17.5 Å². The standard InChI is InChI=1S/C17H20N4O2.2ClH/c1-20-17(19)15-9-8-14(16(10-15)21(22)23)7-6-12-2-4-13(11-18)5-3-12;;/h2-5,8-10H,6-7,11,18H2,1H3,(H2,19,20);2*1H. The van der Waals surface area contributed by atoms with E-state index in [1.807, 2.05) is 24.3 Å². The lowest BCUT2D eigenvalue weighted by Crippen LogP contribution is -2.13. The van der Waals surface area contributed by atoms with Crippen molar-refractivity contribution in [3.63, 3.8) is 0 Å². The monoisotopic (exact) mass is 384 g/mol. The van der Waals surface area contributed by atoms with Crippen LogP contribution in [-0.2, 0) is 19.4 Å². The largest absolute Gasteiger partial charge is 0.384 e. The first-order chi connectivity index (χ1) is 11.0. The Morgan fingerprint density at radius 1 is 1.08 bits per heavy atom. The average molecular weight is 385 g/mol. The lowest BCUT2D eigenvalue weighted by Gasteiger charge is -2.07. The zero-order chi connectivity index (χ0) is 16.8. The second kappa shape index (κ2) is 10.7. The van der Waals surface area contributed by atoms with Crippen LogP contribution in [0, 0.1) is 10.1 Å². The van der Waals surface area contributed by atoms with E-state index in [4.69, 9.17) is 11.5 Å². The molecule has 0 amide bonds. The third-order valence-corrected chi connectivity index (χ3v) is 3.76. The number of nitro groups is 1. The molecule has 136 valence electrons. The second-order valence-electron chi connectivity index (χ2n) is 5.23. The van der Waals surface area contributed by atoms with Crippen molar-refractivity contribution in [1.82, 2.24) is 0 Å². The first-order valence-corrected chi connectivity index (χ1v) is 7.33. The van der Waals surface area contributed by atoms with Crippen molar-refractivity contribution in [3.8, 4) is 0 Å². The number of aryl methyl sites for hydroxylation is 2. The van der Waals surface area contributed by atoms with Crippen molar-refractivity contribution in [2.45, 2.75) is 19.4 Å². The van der Waals surface area contributed by atoms with E-state index in [2.05, 4.69) is 4.99 Å². The molecular weight excluding hydrogens is 363 g/mol. The molecule has 2 rings (SSSR count). The van der Waals surface area contributed by atoms with E-state index in [-0.39, 0.29) is 41.3 Å².